The summed E-state index contributed by atoms with van der Waals surface area (Å²) in [6, 6.07) is 2.31. The van der Waals surface area contributed by atoms with Gasteiger partial charge >= 0.3 is 6.18 Å². The lowest BCUT2D eigenvalue weighted by atomic mass is 10.1. The van der Waals surface area contributed by atoms with E-state index >= 15 is 0 Å². The molecule has 4 heteroatoms. The number of allylic oxidation sites excluding steroid dienone is 1. The summed E-state index contributed by atoms with van der Waals surface area (Å²) in [5.41, 5.74) is 0.437. The molecule has 1 heterocycles. The van der Waals surface area contributed by atoms with E-state index in [9.17, 15) is 13.2 Å². The molecule has 1 nitrogen and oxygen atoms in total. The van der Waals surface area contributed by atoms with Gasteiger partial charge in [-0.05, 0) is 24.1 Å². The van der Waals surface area contributed by atoms with Crippen LogP contribution in [0, 0.1) is 0 Å². The van der Waals surface area contributed by atoms with Crippen LogP contribution < -0.4 is 0 Å². The van der Waals surface area contributed by atoms with Crippen LogP contribution in [0.5, 0.6) is 0 Å². The minimum atomic E-state index is -4.37. The van der Waals surface area contributed by atoms with Crippen molar-refractivity contribution < 1.29 is 13.2 Å². The summed E-state index contributed by atoms with van der Waals surface area (Å²) in [4.78, 5) is 3.29. The van der Waals surface area contributed by atoms with E-state index < -0.39 is 11.9 Å². The Morgan fingerprint density at radius 1 is 1.38 bits per heavy atom. The SMILES string of the molecule is C=C(C)c1ccc(C(F)(F)F)nc1. The lowest BCUT2D eigenvalue weighted by molar-refractivity contribution is -0.141. The second kappa shape index (κ2) is 3.20. The summed E-state index contributed by atoms with van der Waals surface area (Å²) in [5.74, 6) is 0. The number of hydrogen-bond acceptors (Lipinski definition) is 1. The Balaban J connectivity index is 3.01. The minimum absolute atomic E-state index is 0.619. The first-order valence-electron chi connectivity index (χ1n) is 3.60. The first-order valence-corrected chi connectivity index (χ1v) is 3.60. The zero-order chi connectivity index (χ0) is 10.1. The Hall–Kier alpha value is -1.32. The summed E-state index contributed by atoms with van der Waals surface area (Å²) in [5, 5.41) is 0. The molecule has 0 saturated carbocycles. The quantitative estimate of drug-likeness (QED) is 0.658. The third kappa shape index (κ3) is 2.31. The van der Waals surface area contributed by atoms with Crippen molar-refractivity contribution in [3.63, 3.8) is 0 Å². The summed E-state index contributed by atoms with van der Waals surface area (Å²) in [6.45, 7) is 5.31. The van der Waals surface area contributed by atoms with Crippen molar-refractivity contribution >= 4 is 5.57 Å². The number of aromatic nitrogens is 1. The molecule has 0 unspecified atom stereocenters. The highest BCUT2D eigenvalue weighted by atomic mass is 19.4. The predicted molar refractivity (Wildman–Crippen MR) is 43.9 cm³/mol. The molecule has 0 aliphatic heterocycles. The van der Waals surface area contributed by atoms with Gasteiger partial charge in [-0.3, -0.25) is 4.98 Å². The average Bonchev–Trinajstić information content (AvgIpc) is 2.03. The molecule has 0 fully saturated rings. The number of hydrogen-bond donors (Lipinski definition) is 0. The molecule has 0 radical (unpaired) electrons. The van der Waals surface area contributed by atoms with Crippen LogP contribution in [0.25, 0.3) is 5.57 Å². The molecule has 1 rings (SSSR count). The first kappa shape index (κ1) is 9.77. The first-order chi connectivity index (χ1) is 5.91. The van der Waals surface area contributed by atoms with Gasteiger partial charge in [-0.1, -0.05) is 12.6 Å². The Bertz CT molecular complexity index is 311. The molecule has 0 aliphatic carbocycles. The van der Waals surface area contributed by atoms with Crippen LogP contribution in [0.1, 0.15) is 18.2 Å². The molecule has 1 aromatic heterocycles. The highest BCUT2D eigenvalue weighted by molar-refractivity contribution is 5.60. The number of pyridine rings is 1. The lowest BCUT2D eigenvalue weighted by Crippen LogP contribution is -2.07. The van der Waals surface area contributed by atoms with E-state index in [0.29, 0.717) is 11.1 Å². The van der Waals surface area contributed by atoms with E-state index in [4.69, 9.17) is 0 Å². The fraction of sp³-hybridized carbons (Fsp3) is 0.222. The van der Waals surface area contributed by atoms with Crippen molar-refractivity contribution in [1.82, 2.24) is 4.98 Å². The molecule has 70 valence electrons. The maximum atomic E-state index is 12.0. The smallest absolute Gasteiger partial charge is 0.251 e. The van der Waals surface area contributed by atoms with E-state index in [-0.39, 0.29) is 0 Å². The highest BCUT2D eigenvalue weighted by Gasteiger charge is 2.31. The summed E-state index contributed by atoms with van der Waals surface area (Å²) in [6.07, 6.45) is -3.20. The third-order valence-corrected chi connectivity index (χ3v) is 1.55. The van der Waals surface area contributed by atoms with Crippen LogP contribution in [-0.4, -0.2) is 4.98 Å². The summed E-state index contributed by atoms with van der Waals surface area (Å²) >= 11 is 0. The molecular weight excluding hydrogens is 179 g/mol. The molecular formula is C9H8F3N. The van der Waals surface area contributed by atoms with Crippen molar-refractivity contribution in [2.75, 3.05) is 0 Å². The van der Waals surface area contributed by atoms with Crippen LogP contribution in [0.2, 0.25) is 0 Å². The Morgan fingerprint density at radius 2 is 2.00 bits per heavy atom. The van der Waals surface area contributed by atoms with Crippen LogP contribution in [0.15, 0.2) is 24.9 Å². The van der Waals surface area contributed by atoms with E-state index in [2.05, 4.69) is 11.6 Å². The van der Waals surface area contributed by atoms with Crippen molar-refractivity contribution in [2.24, 2.45) is 0 Å². The van der Waals surface area contributed by atoms with Gasteiger partial charge in [0.25, 0.3) is 0 Å². The van der Waals surface area contributed by atoms with Gasteiger partial charge < -0.3 is 0 Å². The largest absolute Gasteiger partial charge is 0.433 e. The fourth-order valence-corrected chi connectivity index (χ4v) is 0.814. The Labute approximate surface area is 73.9 Å². The maximum absolute atomic E-state index is 12.0. The van der Waals surface area contributed by atoms with Crippen molar-refractivity contribution in [2.45, 2.75) is 13.1 Å². The highest BCUT2D eigenvalue weighted by Crippen LogP contribution is 2.27. The number of halogens is 3. The molecule has 0 aromatic carbocycles. The van der Waals surface area contributed by atoms with Crippen LogP contribution in [-0.2, 0) is 6.18 Å². The number of nitrogens with zero attached hydrogens (tertiary/aromatic N) is 1. The van der Waals surface area contributed by atoms with E-state index in [1.165, 1.54) is 12.3 Å². The molecule has 0 saturated heterocycles. The number of alkyl halides is 3. The van der Waals surface area contributed by atoms with Gasteiger partial charge in [0.1, 0.15) is 5.69 Å². The van der Waals surface area contributed by atoms with Gasteiger partial charge in [0.05, 0.1) is 0 Å². The lowest BCUT2D eigenvalue weighted by Gasteiger charge is -2.05. The fourth-order valence-electron chi connectivity index (χ4n) is 0.814. The molecule has 1 aromatic rings. The van der Waals surface area contributed by atoms with Crippen molar-refractivity contribution in [3.8, 4) is 0 Å². The second-order valence-corrected chi connectivity index (χ2v) is 2.71. The normalized spacial score (nSPS) is 11.4. The van der Waals surface area contributed by atoms with Gasteiger partial charge in [-0.25, -0.2) is 0 Å². The maximum Gasteiger partial charge on any atom is 0.433 e. The molecule has 0 atom stereocenters. The molecule has 0 aliphatic rings. The van der Waals surface area contributed by atoms with Gasteiger partial charge in [-0.2, -0.15) is 13.2 Å². The van der Waals surface area contributed by atoms with E-state index in [0.717, 1.165) is 6.07 Å². The third-order valence-electron chi connectivity index (χ3n) is 1.55. The van der Waals surface area contributed by atoms with Crippen LogP contribution >= 0.6 is 0 Å². The van der Waals surface area contributed by atoms with Gasteiger partial charge in [0, 0.05) is 6.20 Å². The molecule has 0 N–H and O–H groups in total. The Kier molecular flexibility index (Phi) is 2.40. The molecule has 0 spiro atoms. The molecule has 0 amide bonds. The van der Waals surface area contributed by atoms with Crippen LogP contribution in [0.3, 0.4) is 0 Å². The van der Waals surface area contributed by atoms with Gasteiger partial charge in [-0.15, -0.1) is 0 Å². The second-order valence-electron chi connectivity index (χ2n) is 2.71. The average molecular weight is 187 g/mol. The van der Waals surface area contributed by atoms with Crippen molar-refractivity contribution in [3.05, 3.63) is 36.2 Å². The zero-order valence-electron chi connectivity index (χ0n) is 7.02. The van der Waals surface area contributed by atoms with Crippen molar-refractivity contribution in [1.29, 1.82) is 0 Å². The van der Waals surface area contributed by atoms with E-state index in [1.54, 1.807) is 6.92 Å². The van der Waals surface area contributed by atoms with E-state index in [1.807, 2.05) is 0 Å². The Morgan fingerprint density at radius 3 is 2.31 bits per heavy atom. The van der Waals surface area contributed by atoms with Crippen LogP contribution in [0.4, 0.5) is 13.2 Å². The summed E-state index contributed by atoms with van der Waals surface area (Å²) < 4.78 is 36.1. The zero-order valence-corrected chi connectivity index (χ0v) is 7.02. The van der Waals surface area contributed by atoms with Gasteiger partial charge in [0.2, 0.25) is 0 Å². The monoisotopic (exact) mass is 187 g/mol. The predicted octanol–water partition coefficient (Wildman–Crippen LogP) is 3.13. The molecule has 13 heavy (non-hydrogen) atoms. The minimum Gasteiger partial charge on any atom is -0.251 e. The topological polar surface area (TPSA) is 12.9 Å². The molecule has 0 bridgehead atoms. The number of rotatable bonds is 1. The van der Waals surface area contributed by atoms with Gasteiger partial charge in [0.15, 0.2) is 0 Å². The summed E-state index contributed by atoms with van der Waals surface area (Å²) in [7, 11) is 0. The standard InChI is InChI=1S/C9H8F3N/c1-6(2)7-3-4-8(13-5-7)9(10,11)12/h3-5H,1H2,2H3.